The van der Waals surface area contributed by atoms with Crippen LogP contribution in [-0.4, -0.2) is 36.0 Å². The van der Waals surface area contributed by atoms with Crippen LogP contribution < -0.4 is 0 Å². The van der Waals surface area contributed by atoms with Crippen molar-refractivity contribution >= 4 is 11.1 Å². The molecule has 0 aromatic heterocycles. The Labute approximate surface area is 181 Å². The number of halogens is 14. The van der Waals surface area contributed by atoms with Gasteiger partial charge in [-0.1, -0.05) is 60.7 Å². The lowest BCUT2D eigenvalue weighted by molar-refractivity contribution is -0.342. The lowest BCUT2D eigenvalue weighted by atomic mass is 9.82. The van der Waals surface area contributed by atoms with Gasteiger partial charge in [-0.15, -0.1) is 0 Å². The van der Waals surface area contributed by atoms with Crippen LogP contribution in [0.4, 0.5) is 61.5 Å². The van der Waals surface area contributed by atoms with E-state index in [9.17, 15) is 61.5 Å². The Hall–Kier alpha value is -2.80. The van der Waals surface area contributed by atoms with Crippen LogP contribution in [0.15, 0.2) is 60.7 Å². The van der Waals surface area contributed by atoms with E-state index in [0.717, 1.165) is 12.1 Å². The Balaban J connectivity index is 3.18. The smallest absolute Gasteiger partial charge is 0.194 e. The molecule has 2 aromatic carbocycles. The zero-order valence-electron chi connectivity index (χ0n) is 16.1. The molecule has 0 radical (unpaired) electrons. The van der Waals surface area contributed by atoms with E-state index in [1.807, 2.05) is 0 Å². The van der Waals surface area contributed by atoms with Gasteiger partial charge in [0.15, 0.2) is 0 Å². The second-order valence-electron chi connectivity index (χ2n) is 6.78. The second-order valence-corrected chi connectivity index (χ2v) is 6.78. The summed E-state index contributed by atoms with van der Waals surface area (Å²) in [6, 6.07) is 5.76. The highest BCUT2D eigenvalue weighted by Gasteiger charge is 2.78. The molecular weight excluding hydrogens is 506 g/mol. The fraction of sp³-hybridized carbons (Fsp3) is 0.300. The minimum Gasteiger partial charge on any atom is -0.194 e. The number of alkyl halides is 14. The highest BCUT2D eigenvalue weighted by atomic mass is 19.4. The Morgan fingerprint density at radius 1 is 0.382 bits per heavy atom. The first-order valence-electron chi connectivity index (χ1n) is 8.72. The first kappa shape index (κ1) is 27.4. The maximum Gasteiger partial charge on any atom is 0.460 e. The topological polar surface area (TPSA) is 0 Å². The average molecular weight is 516 g/mol. The van der Waals surface area contributed by atoms with Gasteiger partial charge in [0.25, 0.3) is 0 Å². The van der Waals surface area contributed by atoms with Gasteiger partial charge in [0.1, 0.15) is 0 Å². The van der Waals surface area contributed by atoms with Crippen molar-refractivity contribution < 1.29 is 61.5 Å². The van der Waals surface area contributed by atoms with Crippen molar-refractivity contribution in [2.24, 2.45) is 0 Å². The molecule has 0 saturated heterocycles. The number of allylic oxidation sites excluding steroid dienone is 2. The second kappa shape index (κ2) is 8.45. The summed E-state index contributed by atoms with van der Waals surface area (Å²) in [7, 11) is 0. The molecular formula is C20H10F14. The summed E-state index contributed by atoms with van der Waals surface area (Å²) in [5.74, 6) is -27.8. The van der Waals surface area contributed by atoms with Gasteiger partial charge in [-0.2, -0.15) is 61.5 Å². The predicted molar refractivity (Wildman–Crippen MR) is 91.6 cm³/mol. The van der Waals surface area contributed by atoms with Crippen LogP contribution in [0.2, 0.25) is 0 Å². The van der Waals surface area contributed by atoms with Crippen molar-refractivity contribution in [3.05, 3.63) is 71.8 Å². The molecule has 0 nitrogen and oxygen atoms in total. The average Bonchev–Trinajstić information content (AvgIpc) is 2.70. The van der Waals surface area contributed by atoms with Crippen molar-refractivity contribution in [3.8, 4) is 0 Å². The summed E-state index contributed by atoms with van der Waals surface area (Å²) >= 11 is 0. The van der Waals surface area contributed by atoms with Crippen molar-refractivity contribution in [1.82, 2.24) is 0 Å². The van der Waals surface area contributed by atoms with E-state index in [1.54, 1.807) is 0 Å². The molecule has 0 aliphatic carbocycles. The van der Waals surface area contributed by atoms with Crippen LogP contribution in [0.1, 0.15) is 11.1 Å². The summed E-state index contributed by atoms with van der Waals surface area (Å²) in [6.45, 7) is 0. The molecule has 0 atom stereocenters. The third-order valence-electron chi connectivity index (χ3n) is 4.50. The van der Waals surface area contributed by atoms with Gasteiger partial charge in [0, 0.05) is 11.1 Å². The Kier molecular flexibility index (Phi) is 6.82. The molecule has 0 aliphatic rings. The number of rotatable bonds is 6. The quantitative estimate of drug-likeness (QED) is 0.268. The van der Waals surface area contributed by atoms with E-state index < -0.39 is 58.3 Å². The molecule has 2 aromatic rings. The lowest BCUT2D eigenvalue weighted by Gasteiger charge is -2.36. The van der Waals surface area contributed by atoms with Crippen LogP contribution in [0.5, 0.6) is 0 Å². The summed E-state index contributed by atoms with van der Waals surface area (Å²) in [6.07, 6.45) is -14.2. The zero-order valence-corrected chi connectivity index (χ0v) is 16.1. The lowest BCUT2D eigenvalue weighted by Crippen LogP contribution is -2.55. The molecule has 0 unspecified atom stereocenters. The van der Waals surface area contributed by atoms with Gasteiger partial charge in [-0.05, 0) is 11.1 Å². The van der Waals surface area contributed by atoms with Gasteiger partial charge < -0.3 is 0 Å². The monoisotopic (exact) mass is 516 g/mol. The first-order chi connectivity index (χ1) is 15.2. The molecule has 0 bridgehead atoms. The van der Waals surface area contributed by atoms with Crippen LogP contribution >= 0.6 is 0 Å². The Morgan fingerprint density at radius 3 is 0.824 bits per heavy atom. The van der Waals surface area contributed by atoms with E-state index in [1.165, 1.54) is 0 Å². The SMILES string of the molecule is FC(F)(F)C(F)(F)C(F)(F)/C(=C(\c1ccccc1)C(F)(F)C(F)(F)C(F)(F)F)c1ccccc1. The molecule has 34 heavy (non-hydrogen) atoms. The van der Waals surface area contributed by atoms with Crippen molar-refractivity contribution in [2.75, 3.05) is 0 Å². The molecule has 0 saturated carbocycles. The normalized spacial score (nSPS) is 15.2. The minimum atomic E-state index is -7.16. The molecule has 2 rings (SSSR count). The third kappa shape index (κ3) is 4.33. The van der Waals surface area contributed by atoms with Crippen molar-refractivity contribution in [3.63, 3.8) is 0 Å². The van der Waals surface area contributed by atoms with Gasteiger partial charge >= 0.3 is 36.0 Å². The van der Waals surface area contributed by atoms with E-state index >= 15 is 0 Å². The number of hydrogen-bond acceptors (Lipinski definition) is 0. The van der Waals surface area contributed by atoms with Crippen LogP contribution in [0.25, 0.3) is 11.1 Å². The fourth-order valence-electron chi connectivity index (χ4n) is 2.84. The van der Waals surface area contributed by atoms with Crippen molar-refractivity contribution in [1.29, 1.82) is 0 Å². The van der Waals surface area contributed by atoms with E-state index in [0.29, 0.717) is 24.3 Å². The van der Waals surface area contributed by atoms with Crippen LogP contribution in [0, 0.1) is 0 Å². The summed E-state index contributed by atoms with van der Waals surface area (Å²) < 4.78 is 192. The molecule has 0 heterocycles. The maximum atomic E-state index is 14.8. The third-order valence-corrected chi connectivity index (χ3v) is 4.50. The molecule has 14 heteroatoms. The van der Waals surface area contributed by atoms with Crippen LogP contribution in [-0.2, 0) is 0 Å². The highest BCUT2D eigenvalue weighted by Crippen LogP contribution is 2.59. The summed E-state index contributed by atoms with van der Waals surface area (Å²) in [5.41, 5.74) is -9.27. The Bertz CT molecular complexity index is 931. The van der Waals surface area contributed by atoms with Gasteiger partial charge in [-0.25, -0.2) is 0 Å². The largest absolute Gasteiger partial charge is 0.460 e. The molecule has 0 N–H and O–H groups in total. The molecule has 0 amide bonds. The van der Waals surface area contributed by atoms with Gasteiger partial charge in [0.2, 0.25) is 0 Å². The number of hydrogen-bond donors (Lipinski definition) is 0. The molecule has 0 spiro atoms. The van der Waals surface area contributed by atoms with E-state index in [4.69, 9.17) is 0 Å². The molecule has 188 valence electrons. The molecule has 0 fully saturated rings. The predicted octanol–water partition coefficient (Wildman–Crippen LogP) is 8.26. The van der Waals surface area contributed by atoms with Gasteiger partial charge in [-0.3, -0.25) is 0 Å². The zero-order chi connectivity index (χ0) is 26.4. The summed E-state index contributed by atoms with van der Waals surface area (Å²) in [5, 5.41) is 0. The van der Waals surface area contributed by atoms with Gasteiger partial charge in [0.05, 0.1) is 0 Å². The minimum absolute atomic E-state index is 0.278. The Morgan fingerprint density at radius 2 is 0.618 bits per heavy atom. The van der Waals surface area contributed by atoms with Crippen molar-refractivity contribution in [2.45, 2.75) is 36.0 Å². The van der Waals surface area contributed by atoms with E-state index in [-0.39, 0.29) is 24.3 Å². The highest BCUT2D eigenvalue weighted by molar-refractivity contribution is 5.97. The molecule has 0 aliphatic heterocycles. The van der Waals surface area contributed by atoms with Crippen LogP contribution in [0.3, 0.4) is 0 Å². The fourth-order valence-corrected chi connectivity index (χ4v) is 2.84. The van der Waals surface area contributed by atoms with E-state index in [2.05, 4.69) is 0 Å². The first-order valence-corrected chi connectivity index (χ1v) is 8.72. The summed E-state index contributed by atoms with van der Waals surface area (Å²) in [4.78, 5) is 0. The number of benzene rings is 2. The maximum absolute atomic E-state index is 14.8. The standard InChI is InChI=1S/C20H10F14/c21-15(22,17(25,26)19(29,30)31)13(11-7-3-1-4-8-11)14(12-9-5-2-6-10-12)16(23,24)18(27,28)20(32,33)34/h1-10H/b14-13+.